The Labute approximate surface area is 127 Å². The monoisotopic (exact) mass is 298 g/mol. The fourth-order valence-electron chi connectivity index (χ4n) is 2.07. The van der Waals surface area contributed by atoms with Gasteiger partial charge in [0.25, 0.3) is 0 Å². The van der Waals surface area contributed by atoms with Crippen molar-refractivity contribution in [2.24, 2.45) is 12.8 Å². The van der Waals surface area contributed by atoms with Gasteiger partial charge < -0.3 is 15.6 Å². The molecule has 0 saturated heterocycles. The van der Waals surface area contributed by atoms with Crippen molar-refractivity contribution in [2.45, 2.75) is 6.54 Å². The van der Waals surface area contributed by atoms with Gasteiger partial charge in [0.05, 0.1) is 17.6 Å². The second kappa shape index (κ2) is 5.45. The molecule has 3 rings (SSSR count). The first-order valence-corrected chi connectivity index (χ1v) is 6.82. The lowest BCUT2D eigenvalue weighted by atomic mass is 10.1. The summed E-state index contributed by atoms with van der Waals surface area (Å²) in [7, 11) is 1.89. The van der Waals surface area contributed by atoms with Crippen LogP contribution in [-0.2, 0) is 13.6 Å². The predicted octanol–water partition coefficient (Wildman–Crippen LogP) is 1.61. The normalized spacial score (nSPS) is 10.7. The van der Waals surface area contributed by atoms with Crippen LogP contribution in [0.3, 0.4) is 0 Å². The van der Waals surface area contributed by atoms with Crippen LogP contribution in [0.5, 0.6) is 0 Å². The van der Waals surface area contributed by atoms with Gasteiger partial charge in [0, 0.05) is 12.4 Å². The van der Waals surface area contributed by atoms with Crippen LogP contribution in [0.15, 0.2) is 36.7 Å². The van der Waals surface area contributed by atoms with Crippen LogP contribution in [-0.4, -0.2) is 24.7 Å². The van der Waals surface area contributed by atoms with Crippen LogP contribution in [0, 0.1) is 0 Å². The number of fused-ring (bicyclic) bond motifs is 1. The highest BCUT2D eigenvalue weighted by molar-refractivity contribution is 7.80. The third-order valence-electron chi connectivity index (χ3n) is 3.21. The van der Waals surface area contributed by atoms with E-state index in [4.69, 9.17) is 18.0 Å². The van der Waals surface area contributed by atoms with E-state index in [0.717, 1.165) is 22.3 Å². The summed E-state index contributed by atoms with van der Waals surface area (Å²) in [5, 5.41) is 12.1. The first kappa shape index (κ1) is 13.4. The van der Waals surface area contributed by atoms with Crippen molar-refractivity contribution in [3.8, 4) is 0 Å². The first-order valence-electron chi connectivity index (χ1n) is 6.41. The van der Waals surface area contributed by atoms with E-state index in [1.54, 1.807) is 6.33 Å². The van der Waals surface area contributed by atoms with Gasteiger partial charge in [0.15, 0.2) is 5.82 Å². The van der Waals surface area contributed by atoms with Crippen molar-refractivity contribution < 1.29 is 0 Å². The molecule has 21 heavy (non-hydrogen) atoms. The second-order valence-corrected chi connectivity index (χ2v) is 5.09. The summed E-state index contributed by atoms with van der Waals surface area (Å²) in [5.74, 6) is 1.46. The number of hydrogen-bond donors (Lipinski definition) is 2. The van der Waals surface area contributed by atoms with Gasteiger partial charge in [0.2, 0.25) is 0 Å². The summed E-state index contributed by atoms with van der Waals surface area (Å²) >= 11 is 5.12. The standard InChI is InChI=1S/C14H14N6S/c1-20-8-17-19-12(20)7-16-14-10(13(15)21)6-9-4-2-3-5-11(9)18-14/h2-6,8H,7H2,1H3,(H2,15,21)(H,16,18). The summed E-state index contributed by atoms with van der Waals surface area (Å²) in [4.78, 5) is 4.90. The topological polar surface area (TPSA) is 81.7 Å². The Bertz CT molecular complexity index is 810. The summed E-state index contributed by atoms with van der Waals surface area (Å²) in [6.45, 7) is 0.497. The quantitative estimate of drug-likeness (QED) is 0.712. The first-order chi connectivity index (χ1) is 10.1. The molecule has 0 aliphatic heterocycles. The molecule has 3 N–H and O–H groups in total. The zero-order chi connectivity index (χ0) is 14.8. The molecule has 2 aromatic heterocycles. The van der Waals surface area contributed by atoms with Crippen LogP contribution in [0.25, 0.3) is 10.9 Å². The van der Waals surface area contributed by atoms with Crippen molar-refractivity contribution in [3.05, 3.63) is 48.0 Å². The van der Waals surface area contributed by atoms with Crippen LogP contribution in [0.4, 0.5) is 5.82 Å². The van der Waals surface area contributed by atoms with Crippen LogP contribution in [0.2, 0.25) is 0 Å². The Balaban J connectivity index is 1.97. The number of nitrogens with zero attached hydrogens (tertiary/aromatic N) is 4. The van der Waals surface area contributed by atoms with Gasteiger partial charge in [0.1, 0.15) is 17.1 Å². The molecular weight excluding hydrogens is 284 g/mol. The molecule has 3 aromatic rings. The molecule has 0 spiro atoms. The molecule has 0 bridgehead atoms. The fraction of sp³-hybridized carbons (Fsp3) is 0.143. The van der Waals surface area contributed by atoms with Gasteiger partial charge in [-0.15, -0.1) is 10.2 Å². The average Bonchev–Trinajstić information content (AvgIpc) is 2.89. The van der Waals surface area contributed by atoms with E-state index >= 15 is 0 Å². The number of para-hydroxylation sites is 1. The molecule has 1 aromatic carbocycles. The lowest BCUT2D eigenvalue weighted by molar-refractivity contribution is 0.810. The number of anilines is 1. The SMILES string of the molecule is Cn1cnnc1CNc1nc2ccccc2cc1C(N)=S. The number of hydrogen-bond acceptors (Lipinski definition) is 5. The lowest BCUT2D eigenvalue weighted by Gasteiger charge is -2.11. The molecule has 0 aliphatic rings. The Hall–Kier alpha value is -2.54. The molecule has 0 unspecified atom stereocenters. The Kier molecular flexibility index (Phi) is 3.49. The van der Waals surface area contributed by atoms with Crippen molar-refractivity contribution in [1.82, 2.24) is 19.7 Å². The molecule has 0 fully saturated rings. The van der Waals surface area contributed by atoms with Crippen LogP contribution < -0.4 is 11.1 Å². The fourth-order valence-corrected chi connectivity index (χ4v) is 2.22. The Morgan fingerprint density at radius 2 is 2.19 bits per heavy atom. The second-order valence-electron chi connectivity index (χ2n) is 4.65. The Morgan fingerprint density at radius 3 is 2.90 bits per heavy atom. The van der Waals surface area contributed by atoms with E-state index in [9.17, 15) is 0 Å². The molecule has 106 valence electrons. The predicted molar refractivity (Wildman–Crippen MR) is 86.0 cm³/mol. The molecule has 0 atom stereocenters. The van der Waals surface area contributed by atoms with Gasteiger partial charge in [-0.1, -0.05) is 30.4 Å². The summed E-state index contributed by atoms with van der Waals surface area (Å²) in [6.07, 6.45) is 1.65. The highest BCUT2D eigenvalue weighted by Crippen LogP contribution is 2.20. The zero-order valence-electron chi connectivity index (χ0n) is 11.4. The minimum Gasteiger partial charge on any atom is -0.389 e. The third kappa shape index (κ3) is 2.68. The molecule has 7 heteroatoms. The highest BCUT2D eigenvalue weighted by Gasteiger charge is 2.10. The number of rotatable bonds is 4. The zero-order valence-corrected chi connectivity index (χ0v) is 12.3. The number of aromatic nitrogens is 4. The van der Waals surface area contributed by atoms with E-state index in [1.807, 2.05) is 41.9 Å². The number of pyridine rings is 1. The third-order valence-corrected chi connectivity index (χ3v) is 3.43. The maximum absolute atomic E-state index is 5.80. The summed E-state index contributed by atoms with van der Waals surface area (Å²) < 4.78 is 1.84. The van der Waals surface area contributed by atoms with Gasteiger partial charge in [-0.2, -0.15) is 0 Å². The van der Waals surface area contributed by atoms with Gasteiger partial charge in [-0.25, -0.2) is 4.98 Å². The minimum atomic E-state index is 0.314. The van der Waals surface area contributed by atoms with Crippen molar-refractivity contribution in [3.63, 3.8) is 0 Å². The highest BCUT2D eigenvalue weighted by atomic mass is 32.1. The van der Waals surface area contributed by atoms with E-state index in [0.29, 0.717) is 17.4 Å². The smallest absolute Gasteiger partial charge is 0.151 e. The Morgan fingerprint density at radius 1 is 1.38 bits per heavy atom. The van der Waals surface area contributed by atoms with Gasteiger partial charge in [-0.3, -0.25) is 0 Å². The molecule has 0 radical (unpaired) electrons. The molecule has 0 amide bonds. The van der Waals surface area contributed by atoms with Crippen LogP contribution in [0.1, 0.15) is 11.4 Å². The number of nitrogens with one attached hydrogen (secondary N) is 1. The number of benzene rings is 1. The van der Waals surface area contributed by atoms with E-state index in [2.05, 4.69) is 20.5 Å². The van der Waals surface area contributed by atoms with E-state index in [1.165, 1.54) is 0 Å². The maximum Gasteiger partial charge on any atom is 0.151 e. The number of thiocarbonyl (C=S) groups is 1. The van der Waals surface area contributed by atoms with Crippen molar-refractivity contribution in [1.29, 1.82) is 0 Å². The molecule has 0 saturated carbocycles. The molecular formula is C14H14N6S. The molecule has 6 nitrogen and oxygen atoms in total. The van der Waals surface area contributed by atoms with Crippen molar-refractivity contribution >= 4 is 33.9 Å². The van der Waals surface area contributed by atoms with Gasteiger partial charge >= 0.3 is 0 Å². The summed E-state index contributed by atoms with van der Waals surface area (Å²) in [5.41, 5.74) is 7.42. The lowest BCUT2D eigenvalue weighted by Crippen LogP contribution is -2.15. The maximum atomic E-state index is 5.80. The van der Waals surface area contributed by atoms with E-state index < -0.39 is 0 Å². The number of nitrogens with two attached hydrogens (primary N) is 1. The van der Waals surface area contributed by atoms with Crippen LogP contribution >= 0.6 is 12.2 Å². The minimum absolute atomic E-state index is 0.314. The van der Waals surface area contributed by atoms with Gasteiger partial charge in [-0.05, 0) is 12.1 Å². The average molecular weight is 298 g/mol. The molecule has 2 heterocycles. The largest absolute Gasteiger partial charge is 0.389 e. The molecule has 0 aliphatic carbocycles. The number of aryl methyl sites for hydroxylation is 1. The van der Waals surface area contributed by atoms with E-state index in [-0.39, 0.29) is 0 Å². The van der Waals surface area contributed by atoms with Crippen molar-refractivity contribution in [2.75, 3.05) is 5.32 Å². The summed E-state index contributed by atoms with van der Waals surface area (Å²) in [6, 6.07) is 9.79.